The lowest BCUT2D eigenvalue weighted by atomic mass is 10.3. The van der Waals surface area contributed by atoms with Gasteiger partial charge in [0.05, 0.1) is 17.3 Å². The third-order valence-corrected chi connectivity index (χ3v) is 2.89. The smallest absolute Gasteiger partial charge is 0.128 e. The maximum atomic E-state index is 9.10. The minimum absolute atomic E-state index is 0.127. The van der Waals surface area contributed by atoms with Crippen LogP contribution in [0.1, 0.15) is 12.1 Å². The molecule has 0 amide bonds. The van der Waals surface area contributed by atoms with Crippen LogP contribution in [-0.2, 0) is 6.61 Å². The number of aliphatic hydroxyl groups is 1. The predicted octanol–water partition coefficient (Wildman–Crippen LogP) is 1.62. The molecule has 0 aliphatic carbocycles. The zero-order valence-electron chi connectivity index (χ0n) is 10.6. The fraction of sp³-hybridized carbons (Fsp3) is 0.583. The van der Waals surface area contributed by atoms with Gasteiger partial charge in [-0.1, -0.05) is 11.6 Å². The number of aromatic nitrogens is 1. The van der Waals surface area contributed by atoms with Gasteiger partial charge >= 0.3 is 0 Å². The Morgan fingerprint density at radius 3 is 2.53 bits per heavy atom. The number of aliphatic hydroxyl groups excluding tert-OH is 1. The number of hydrogen-bond donors (Lipinski definition) is 1. The van der Waals surface area contributed by atoms with Gasteiger partial charge in [0.15, 0.2) is 0 Å². The van der Waals surface area contributed by atoms with Gasteiger partial charge in [-0.3, -0.25) is 0 Å². The van der Waals surface area contributed by atoms with Crippen molar-refractivity contribution in [2.75, 3.05) is 39.1 Å². The van der Waals surface area contributed by atoms with Crippen molar-refractivity contribution in [3.63, 3.8) is 0 Å². The number of anilines is 1. The largest absolute Gasteiger partial charge is 0.390 e. The Kier molecular flexibility index (Phi) is 5.68. The lowest BCUT2D eigenvalue weighted by molar-refractivity contribution is 0.277. The van der Waals surface area contributed by atoms with Crippen molar-refractivity contribution in [3.05, 3.63) is 22.8 Å². The Bertz CT molecular complexity index is 358. The van der Waals surface area contributed by atoms with Crippen LogP contribution in [0.15, 0.2) is 12.1 Å². The summed E-state index contributed by atoms with van der Waals surface area (Å²) in [4.78, 5) is 8.54. The molecule has 0 radical (unpaired) electrons. The number of hydrogen-bond acceptors (Lipinski definition) is 4. The monoisotopic (exact) mass is 257 g/mol. The van der Waals surface area contributed by atoms with Crippen LogP contribution in [0.2, 0.25) is 5.02 Å². The van der Waals surface area contributed by atoms with Gasteiger partial charge < -0.3 is 14.9 Å². The Labute approximate surface area is 108 Å². The fourth-order valence-electron chi connectivity index (χ4n) is 1.53. The minimum atomic E-state index is -0.127. The van der Waals surface area contributed by atoms with Crippen LogP contribution < -0.4 is 4.90 Å². The van der Waals surface area contributed by atoms with Crippen molar-refractivity contribution in [1.82, 2.24) is 9.88 Å². The Morgan fingerprint density at radius 1 is 1.24 bits per heavy atom. The molecule has 0 aliphatic heterocycles. The molecule has 0 saturated carbocycles. The molecular weight excluding hydrogens is 238 g/mol. The van der Waals surface area contributed by atoms with Crippen LogP contribution >= 0.6 is 11.6 Å². The quantitative estimate of drug-likeness (QED) is 0.841. The molecule has 1 aromatic heterocycles. The molecule has 0 unspecified atom stereocenters. The first-order valence-corrected chi connectivity index (χ1v) is 6.04. The van der Waals surface area contributed by atoms with Crippen molar-refractivity contribution in [3.8, 4) is 0 Å². The molecule has 0 aromatic carbocycles. The summed E-state index contributed by atoms with van der Waals surface area (Å²) >= 11 is 5.90. The van der Waals surface area contributed by atoms with E-state index < -0.39 is 0 Å². The van der Waals surface area contributed by atoms with Crippen LogP contribution in [-0.4, -0.2) is 49.2 Å². The molecule has 0 aliphatic rings. The van der Waals surface area contributed by atoms with Gasteiger partial charge in [0.2, 0.25) is 0 Å². The van der Waals surface area contributed by atoms with Gasteiger partial charge in [0, 0.05) is 13.6 Å². The van der Waals surface area contributed by atoms with E-state index in [4.69, 9.17) is 16.7 Å². The highest BCUT2D eigenvalue weighted by molar-refractivity contribution is 6.31. The van der Waals surface area contributed by atoms with E-state index in [-0.39, 0.29) is 6.61 Å². The Morgan fingerprint density at radius 2 is 1.94 bits per heavy atom. The summed E-state index contributed by atoms with van der Waals surface area (Å²) < 4.78 is 0. The van der Waals surface area contributed by atoms with E-state index in [9.17, 15) is 0 Å². The Hall–Kier alpha value is -0.840. The molecule has 5 heteroatoms. The molecule has 0 atom stereocenters. The first-order chi connectivity index (χ1) is 8.04. The van der Waals surface area contributed by atoms with Gasteiger partial charge in [-0.2, -0.15) is 0 Å². The van der Waals surface area contributed by atoms with E-state index in [2.05, 4.69) is 28.9 Å². The second-order valence-electron chi connectivity index (χ2n) is 4.33. The van der Waals surface area contributed by atoms with E-state index in [1.165, 1.54) is 0 Å². The lowest BCUT2D eigenvalue weighted by Crippen LogP contribution is -2.24. The van der Waals surface area contributed by atoms with Crippen LogP contribution in [0.4, 0.5) is 5.82 Å². The maximum Gasteiger partial charge on any atom is 0.128 e. The van der Waals surface area contributed by atoms with Crippen LogP contribution in [0, 0.1) is 0 Å². The number of rotatable bonds is 6. The van der Waals surface area contributed by atoms with Gasteiger partial charge in [-0.05, 0) is 39.2 Å². The highest BCUT2D eigenvalue weighted by Crippen LogP contribution is 2.18. The van der Waals surface area contributed by atoms with Gasteiger partial charge in [-0.15, -0.1) is 0 Å². The van der Waals surface area contributed by atoms with Gasteiger partial charge in [0.25, 0.3) is 0 Å². The first kappa shape index (κ1) is 14.2. The fourth-order valence-corrected chi connectivity index (χ4v) is 1.70. The molecule has 0 bridgehead atoms. The second kappa shape index (κ2) is 6.79. The summed E-state index contributed by atoms with van der Waals surface area (Å²) in [6.45, 7) is 1.85. The summed E-state index contributed by atoms with van der Waals surface area (Å²) in [7, 11) is 6.11. The topological polar surface area (TPSA) is 39.6 Å². The molecule has 1 N–H and O–H groups in total. The van der Waals surface area contributed by atoms with Crippen molar-refractivity contribution >= 4 is 17.4 Å². The highest BCUT2D eigenvalue weighted by atomic mass is 35.5. The van der Waals surface area contributed by atoms with Crippen molar-refractivity contribution < 1.29 is 5.11 Å². The molecule has 1 rings (SSSR count). The number of pyridine rings is 1. The average molecular weight is 258 g/mol. The third kappa shape index (κ3) is 4.50. The zero-order valence-corrected chi connectivity index (χ0v) is 11.4. The summed E-state index contributed by atoms with van der Waals surface area (Å²) in [5.74, 6) is 0.845. The van der Waals surface area contributed by atoms with Crippen LogP contribution in [0.3, 0.4) is 0 Å². The summed E-state index contributed by atoms with van der Waals surface area (Å²) in [5, 5.41) is 9.61. The van der Waals surface area contributed by atoms with Crippen molar-refractivity contribution in [1.29, 1.82) is 0 Å². The highest BCUT2D eigenvalue weighted by Gasteiger charge is 2.06. The predicted molar refractivity (Wildman–Crippen MR) is 71.6 cm³/mol. The summed E-state index contributed by atoms with van der Waals surface area (Å²) in [6, 6.07) is 3.65. The van der Waals surface area contributed by atoms with E-state index in [1.54, 1.807) is 6.07 Å². The standard InChI is InChI=1S/C12H20ClN3O/c1-15(2)7-4-8-16(3)12-6-5-10(13)11(9-17)14-12/h5-6,17H,4,7-9H2,1-3H3. The van der Waals surface area contributed by atoms with Crippen LogP contribution in [0.25, 0.3) is 0 Å². The van der Waals surface area contributed by atoms with Crippen molar-refractivity contribution in [2.24, 2.45) is 0 Å². The zero-order chi connectivity index (χ0) is 12.8. The van der Waals surface area contributed by atoms with E-state index in [0.29, 0.717) is 10.7 Å². The SMILES string of the molecule is CN(C)CCCN(C)c1ccc(Cl)c(CO)n1. The molecule has 17 heavy (non-hydrogen) atoms. The van der Waals surface area contributed by atoms with E-state index in [0.717, 1.165) is 25.3 Å². The molecule has 96 valence electrons. The average Bonchev–Trinajstić information content (AvgIpc) is 2.29. The molecule has 4 nitrogen and oxygen atoms in total. The second-order valence-corrected chi connectivity index (χ2v) is 4.74. The van der Waals surface area contributed by atoms with Gasteiger partial charge in [0.1, 0.15) is 5.82 Å². The molecule has 0 saturated heterocycles. The molecule has 0 fully saturated rings. The number of nitrogens with zero attached hydrogens (tertiary/aromatic N) is 3. The molecule has 0 spiro atoms. The Balaban J connectivity index is 2.59. The molecule has 1 heterocycles. The summed E-state index contributed by atoms with van der Waals surface area (Å²) in [6.07, 6.45) is 1.07. The summed E-state index contributed by atoms with van der Waals surface area (Å²) in [5.41, 5.74) is 0.531. The van der Waals surface area contributed by atoms with Crippen molar-refractivity contribution in [2.45, 2.75) is 13.0 Å². The van der Waals surface area contributed by atoms with E-state index >= 15 is 0 Å². The maximum absolute atomic E-state index is 9.10. The van der Waals surface area contributed by atoms with E-state index in [1.807, 2.05) is 13.1 Å². The molecule has 1 aromatic rings. The van der Waals surface area contributed by atoms with Gasteiger partial charge in [-0.25, -0.2) is 4.98 Å². The number of halogens is 1. The normalized spacial score (nSPS) is 10.9. The molecular formula is C12H20ClN3O. The minimum Gasteiger partial charge on any atom is -0.390 e. The van der Waals surface area contributed by atoms with Crippen LogP contribution in [0.5, 0.6) is 0 Å². The third-order valence-electron chi connectivity index (χ3n) is 2.54. The first-order valence-electron chi connectivity index (χ1n) is 5.66. The lowest BCUT2D eigenvalue weighted by Gasteiger charge is -2.20.